The molecule has 1 amide bonds. The monoisotopic (exact) mass is 428 g/mol. The van der Waals surface area contributed by atoms with Crippen molar-refractivity contribution in [2.45, 2.75) is 26.7 Å². The molecule has 2 aromatic carbocycles. The molecule has 2 N–H and O–H groups in total. The van der Waals surface area contributed by atoms with Gasteiger partial charge < -0.3 is 14.9 Å². The van der Waals surface area contributed by atoms with E-state index in [1.165, 1.54) is 18.3 Å². The van der Waals surface area contributed by atoms with Crippen molar-refractivity contribution < 1.29 is 19.7 Å². The topological polar surface area (TPSA) is 130 Å². The number of amides is 1. The highest BCUT2D eigenvalue weighted by Gasteiger charge is 2.20. The van der Waals surface area contributed by atoms with Crippen molar-refractivity contribution in [2.75, 3.05) is 4.90 Å². The van der Waals surface area contributed by atoms with Crippen LogP contribution in [0, 0.1) is 29.6 Å². The number of aromatic nitrogens is 1. The number of anilines is 1. The first-order valence-corrected chi connectivity index (χ1v) is 9.67. The zero-order chi connectivity index (χ0) is 23.1. The Bertz CT molecular complexity index is 1210. The zero-order valence-corrected chi connectivity index (χ0v) is 17.3. The third kappa shape index (κ3) is 5.01. The number of aliphatic hydroxyl groups is 1. The number of aliphatic hydroxyl groups excluding tert-OH is 1. The first-order chi connectivity index (χ1) is 15.5. The standard InChI is InChI=1S/C24H20N4O4/c1-16-23(32-15-19-4-2-3-18(9-19)11-26)22(14-29)20(12-27-16)13-28(24(30)31)21-7-5-17(10-25)6-8-21/h2-9,12,29H,13-15H2,1H3,(H,30,31). The van der Waals surface area contributed by atoms with Crippen molar-refractivity contribution in [3.8, 4) is 17.9 Å². The number of hydrogen-bond donors (Lipinski definition) is 2. The fraction of sp³-hybridized carbons (Fsp3) is 0.167. The van der Waals surface area contributed by atoms with E-state index in [-0.39, 0.29) is 19.8 Å². The largest absolute Gasteiger partial charge is 0.487 e. The third-order valence-electron chi connectivity index (χ3n) is 4.87. The highest BCUT2D eigenvalue weighted by Crippen LogP contribution is 2.29. The molecule has 0 aliphatic carbocycles. The molecule has 0 unspecified atom stereocenters. The van der Waals surface area contributed by atoms with Crippen LogP contribution in [0.1, 0.15) is 33.5 Å². The Morgan fingerprint density at radius 2 is 1.84 bits per heavy atom. The van der Waals surface area contributed by atoms with E-state index in [9.17, 15) is 15.0 Å². The predicted octanol–water partition coefficient (Wildman–Crippen LogP) is 3.89. The summed E-state index contributed by atoms with van der Waals surface area (Å²) in [6.07, 6.45) is 0.332. The molecular formula is C24H20N4O4. The maximum absolute atomic E-state index is 11.9. The highest BCUT2D eigenvalue weighted by molar-refractivity contribution is 5.86. The molecule has 1 heterocycles. The Hall–Kier alpha value is -4.40. The molecule has 8 nitrogen and oxygen atoms in total. The van der Waals surface area contributed by atoms with Gasteiger partial charge in [0.2, 0.25) is 0 Å². The van der Waals surface area contributed by atoms with E-state index in [0.29, 0.717) is 39.4 Å². The first kappa shape index (κ1) is 22.3. The van der Waals surface area contributed by atoms with Crippen LogP contribution in [0.2, 0.25) is 0 Å². The molecule has 0 aliphatic heterocycles. The van der Waals surface area contributed by atoms with Gasteiger partial charge in [0.1, 0.15) is 12.4 Å². The van der Waals surface area contributed by atoms with Gasteiger partial charge in [0.15, 0.2) is 0 Å². The van der Waals surface area contributed by atoms with Crippen LogP contribution in [0.5, 0.6) is 5.75 Å². The van der Waals surface area contributed by atoms with Crippen molar-refractivity contribution in [2.24, 2.45) is 0 Å². The molecule has 8 heteroatoms. The van der Waals surface area contributed by atoms with E-state index in [1.807, 2.05) is 12.1 Å². The minimum atomic E-state index is -1.19. The van der Waals surface area contributed by atoms with E-state index >= 15 is 0 Å². The zero-order valence-electron chi connectivity index (χ0n) is 17.3. The Balaban J connectivity index is 1.90. The van der Waals surface area contributed by atoms with Crippen LogP contribution in [0.4, 0.5) is 10.5 Å². The molecule has 0 radical (unpaired) electrons. The lowest BCUT2D eigenvalue weighted by atomic mass is 10.1. The second-order valence-corrected chi connectivity index (χ2v) is 6.96. The molecular weight excluding hydrogens is 408 g/mol. The smallest absolute Gasteiger partial charge is 0.412 e. The van der Waals surface area contributed by atoms with Crippen LogP contribution in [-0.2, 0) is 19.8 Å². The van der Waals surface area contributed by atoms with Gasteiger partial charge in [-0.1, -0.05) is 12.1 Å². The number of nitrogens with zero attached hydrogens (tertiary/aromatic N) is 4. The number of ether oxygens (including phenoxy) is 1. The average molecular weight is 428 g/mol. The minimum Gasteiger partial charge on any atom is -0.487 e. The summed E-state index contributed by atoms with van der Waals surface area (Å²) < 4.78 is 5.93. The molecule has 160 valence electrons. The van der Waals surface area contributed by atoms with Crippen molar-refractivity contribution in [3.63, 3.8) is 0 Å². The summed E-state index contributed by atoms with van der Waals surface area (Å²) in [4.78, 5) is 17.3. The number of hydrogen-bond acceptors (Lipinski definition) is 6. The summed E-state index contributed by atoms with van der Waals surface area (Å²) >= 11 is 0. The van der Waals surface area contributed by atoms with Crippen LogP contribution in [-0.4, -0.2) is 21.3 Å². The number of rotatable bonds is 7. The van der Waals surface area contributed by atoms with Crippen LogP contribution in [0.3, 0.4) is 0 Å². The Morgan fingerprint density at radius 3 is 2.47 bits per heavy atom. The number of aryl methyl sites for hydroxylation is 1. The van der Waals surface area contributed by atoms with Crippen LogP contribution in [0.15, 0.2) is 54.7 Å². The molecule has 0 atom stereocenters. The minimum absolute atomic E-state index is 0.0648. The van der Waals surface area contributed by atoms with Crippen LogP contribution < -0.4 is 9.64 Å². The quantitative estimate of drug-likeness (QED) is 0.584. The number of nitriles is 2. The van der Waals surface area contributed by atoms with Gasteiger partial charge in [-0.2, -0.15) is 10.5 Å². The number of benzene rings is 2. The summed E-state index contributed by atoms with van der Waals surface area (Å²) in [6, 6.07) is 17.2. The SMILES string of the molecule is Cc1ncc(CN(C(=O)O)c2ccc(C#N)cc2)c(CO)c1OCc1cccc(C#N)c1. The fourth-order valence-corrected chi connectivity index (χ4v) is 3.22. The van der Waals surface area contributed by atoms with Crippen LogP contribution in [0.25, 0.3) is 0 Å². The van der Waals surface area contributed by atoms with Gasteiger partial charge in [0, 0.05) is 17.4 Å². The van der Waals surface area contributed by atoms with Crippen molar-refractivity contribution >= 4 is 11.8 Å². The lowest BCUT2D eigenvalue weighted by Crippen LogP contribution is -2.29. The average Bonchev–Trinajstić information content (AvgIpc) is 2.82. The molecule has 0 spiro atoms. The van der Waals surface area contributed by atoms with E-state index < -0.39 is 6.09 Å². The Kier molecular flexibility index (Phi) is 7.02. The molecule has 1 aromatic heterocycles. The maximum Gasteiger partial charge on any atom is 0.412 e. The normalized spacial score (nSPS) is 10.1. The highest BCUT2D eigenvalue weighted by atomic mass is 16.5. The molecule has 0 saturated carbocycles. The summed E-state index contributed by atoms with van der Waals surface area (Å²) in [5.41, 5.74) is 3.58. The van der Waals surface area contributed by atoms with E-state index in [1.54, 1.807) is 37.3 Å². The van der Waals surface area contributed by atoms with Gasteiger partial charge in [-0.15, -0.1) is 0 Å². The van der Waals surface area contributed by atoms with Gasteiger partial charge in [-0.05, 0) is 54.4 Å². The number of carboxylic acid groups (broad SMARTS) is 1. The van der Waals surface area contributed by atoms with Gasteiger partial charge >= 0.3 is 6.09 Å². The second kappa shape index (κ2) is 10.1. The van der Waals surface area contributed by atoms with Gasteiger partial charge in [0.05, 0.1) is 42.1 Å². The molecule has 32 heavy (non-hydrogen) atoms. The lowest BCUT2D eigenvalue weighted by Gasteiger charge is -2.22. The Labute approximate surface area is 185 Å². The summed E-state index contributed by atoms with van der Waals surface area (Å²) in [5, 5.41) is 37.8. The molecule has 3 aromatic rings. The Morgan fingerprint density at radius 1 is 1.12 bits per heavy atom. The predicted molar refractivity (Wildman–Crippen MR) is 116 cm³/mol. The van der Waals surface area contributed by atoms with Gasteiger partial charge in [-0.25, -0.2) is 4.79 Å². The first-order valence-electron chi connectivity index (χ1n) is 9.67. The number of carbonyl (C=O) groups is 1. The number of pyridine rings is 1. The second-order valence-electron chi connectivity index (χ2n) is 6.96. The summed E-state index contributed by atoms with van der Waals surface area (Å²) in [6.45, 7) is 1.46. The molecule has 0 bridgehead atoms. The summed E-state index contributed by atoms with van der Waals surface area (Å²) in [7, 11) is 0. The molecule has 3 rings (SSSR count). The van der Waals surface area contributed by atoms with E-state index in [0.717, 1.165) is 10.5 Å². The van der Waals surface area contributed by atoms with E-state index in [4.69, 9.17) is 15.3 Å². The van der Waals surface area contributed by atoms with Gasteiger partial charge in [0.25, 0.3) is 0 Å². The lowest BCUT2D eigenvalue weighted by molar-refractivity contribution is 0.201. The van der Waals surface area contributed by atoms with Crippen LogP contribution >= 0.6 is 0 Å². The third-order valence-corrected chi connectivity index (χ3v) is 4.87. The van der Waals surface area contributed by atoms with Crippen molar-refractivity contribution in [1.82, 2.24) is 4.98 Å². The molecule has 0 saturated heterocycles. The van der Waals surface area contributed by atoms with E-state index in [2.05, 4.69) is 11.1 Å². The summed E-state index contributed by atoms with van der Waals surface area (Å²) in [5.74, 6) is 0.373. The van der Waals surface area contributed by atoms with Crippen molar-refractivity contribution in [1.29, 1.82) is 10.5 Å². The van der Waals surface area contributed by atoms with Gasteiger partial charge in [-0.3, -0.25) is 9.88 Å². The van der Waals surface area contributed by atoms with Crippen molar-refractivity contribution in [3.05, 3.63) is 88.2 Å². The fourth-order valence-electron chi connectivity index (χ4n) is 3.22. The maximum atomic E-state index is 11.9. The molecule has 0 aliphatic rings. The molecule has 0 fully saturated rings.